The average molecular weight is 285 g/mol. The fraction of sp³-hybridized carbons (Fsp3) is 0.714. The summed E-state index contributed by atoms with van der Waals surface area (Å²) in [6, 6.07) is -0.148. The number of nitrogens with two attached hydrogens (primary N) is 3. The summed E-state index contributed by atoms with van der Waals surface area (Å²) in [6.45, 7) is 0.946. The molecule has 116 valence electrons. The number of carbonyl (C=O) groups excluding carboxylic acids is 2. The maximum Gasteiger partial charge on any atom is 0.217 e. The number of hydrogen-bond donors (Lipinski definition) is 3. The van der Waals surface area contributed by atoms with Crippen molar-refractivity contribution >= 4 is 11.8 Å². The van der Waals surface area contributed by atoms with E-state index in [2.05, 4.69) is 6.08 Å². The third kappa shape index (κ3) is 14.7. The first-order valence-corrected chi connectivity index (χ1v) is 7.07. The van der Waals surface area contributed by atoms with Crippen LogP contribution < -0.4 is 17.2 Å². The van der Waals surface area contributed by atoms with E-state index in [0.717, 1.165) is 25.7 Å². The van der Waals surface area contributed by atoms with Gasteiger partial charge in [0, 0.05) is 18.9 Å². The van der Waals surface area contributed by atoms with Crippen molar-refractivity contribution in [2.75, 3.05) is 13.2 Å². The van der Waals surface area contributed by atoms with Gasteiger partial charge in [0.25, 0.3) is 0 Å². The predicted octanol–water partition coefficient (Wildman–Crippen LogP) is 0.588. The Kier molecular flexibility index (Phi) is 11.7. The number of ether oxygens (including phenoxy) is 1. The molecule has 0 aromatic heterocycles. The van der Waals surface area contributed by atoms with Crippen molar-refractivity contribution in [3.05, 3.63) is 12.2 Å². The van der Waals surface area contributed by atoms with Gasteiger partial charge in [0.2, 0.25) is 11.8 Å². The van der Waals surface area contributed by atoms with Crippen LogP contribution in [0.4, 0.5) is 0 Å². The van der Waals surface area contributed by atoms with Crippen LogP contribution in [0.15, 0.2) is 12.2 Å². The van der Waals surface area contributed by atoms with Gasteiger partial charge < -0.3 is 21.9 Å². The van der Waals surface area contributed by atoms with Crippen LogP contribution in [0.5, 0.6) is 0 Å². The van der Waals surface area contributed by atoms with Crippen LogP contribution >= 0.6 is 0 Å². The molecule has 0 spiro atoms. The molecular weight excluding hydrogens is 258 g/mol. The van der Waals surface area contributed by atoms with E-state index < -0.39 is 0 Å². The Morgan fingerprint density at radius 2 is 1.70 bits per heavy atom. The van der Waals surface area contributed by atoms with E-state index in [-0.39, 0.29) is 17.9 Å². The van der Waals surface area contributed by atoms with Gasteiger partial charge in [-0.25, -0.2) is 0 Å². The lowest BCUT2D eigenvalue weighted by molar-refractivity contribution is -0.119. The molecule has 0 fully saturated rings. The highest BCUT2D eigenvalue weighted by molar-refractivity contribution is 5.73. The van der Waals surface area contributed by atoms with Gasteiger partial charge in [0.1, 0.15) is 0 Å². The highest BCUT2D eigenvalue weighted by Crippen LogP contribution is 2.03. The Morgan fingerprint density at radius 3 is 2.35 bits per heavy atom. The highest BCUT2D eigenvalue weighted by atomic mass is 16.5. The largest absolute Gasteiger partial charge is 0.376 e. The summed E-state index contributed by atoms with van der Waals surface area (Å²) < 4.78 is 5.36. The summed E-state index contributed by atoms with van der Waals surface area (Å²) in [5, 5.41) is 0. The Hall–Kier alpha value is -1.40. The maximum absolute atomic E-state index is 10.6. The third-order valence-electron chi connectivity index (χ3n) is 2.77. The predicted molar refractivity (Wildman–Crippen MR) is 78.6 cm³/mol. The summed E-state index contributed by atoms with van der Waals surface area (Å²) >= 11 is 0. The molecular formula is C14H27N3O3. The van der Waals surface area contributed by atoms with Crippen molar-refractivity contribution in [3.63, 3.8) is 0 Å². The molecule has 0 saturated carbocycles. The molecule has 0 radical (unpaired) electrons. The van der Waals surface area contributed by atoms with Gasteiger partial charge in [0.05, 0.1) is 13.2 Å². The molecule has 0 bridgehead atoms. The second kappa shape index (κ2) is 12.6. The van der Waals surface area contributed by atoms with Crippen LogP contribution in [-0.2, 0) is 14.3 Å². The lowest BCUT2D eigenvalue weighted by Crippen LogP contribution is -2.28. The van der Waals surface area contributed by atoms with Gasteiger partial charge in [-0.15, -0.1) is 0 Å². The molecule has 1 atom stereocenters. The smallest absolute Gasteiger partial charge is 0.217 e. The SMILES string of the molecule is NC(=O)CCCCC/C=C\COC[C@@H](N)CCC(N)=O. The molecule has 2 amide bonds. The minimum atomic E-state index is -0.336. The van der Waals surface area contributed by atoms with Crippen molar-refractivity contribution in [1.29, 1.82) is 0 Å². The van der Waals surface area contributed by atoms with Crippen molar-refractivity contribution in [3.8, 4) is 0 Å². The summed E-state index contributed by atoms with van der Waals surface area (Å²) in [4.78, 5) is 21.1. The Balaban J connectivity index is 3.31. The monoisotopic (exact) mass is 285 g/mol. The molecule has 0 aliphatic carbocycles. The highest BCUT2D eigenvalue weighted by Gasteiger charge is 2.04. The van der Waals surface area contributed by atoms with E-state index in [1.807, 2.05) is 6.08 Å². The maximum atomic E-state index is 10.6. The van der Waals surface area contributed by atoms with Crippen LogP contribution in [0.2, 0.25) is 0 Å². The van der Waals surface area contributed by atoms with Gasteiger partial charge in [0.15, 0.2) is 0 Å². The third-order valence-corrected chi connectivity index (χ3v) is 2.77. The molecule has 6 heteroatoms. The van der Waals surface area contributed by atoms with E-state index in [1.54, 1.807) is 0 Å². The van der Waals surface area contributed by atoms with Gasteiger partial charge in [-0.3, -0.25) is 9.59 Å². The van der Waals surface area contributed by atoms with Crippen LogP contribution in [0.3, 0.4) is 0 Å². The summed E-state index contributed by atoms with van der Waals surface area (Å²) in [5.74, 6) is -0.571. The van der Waals surface area contributed by atoms with Crippen LogP contribution in [0.25, 0.3) is 0 Å². The Morgan fingerprint density at radius 1 is 1.00 bits per heavy atom. The van der Waals surface area contributed by atoms with Crippen LogP contribution in [0, 0.1) is 0 Å². The van der Waals surface area contributed by atoms with Crippen molar-refractivity contribution < 1.29 is 14.3 Å². The minimum absolute atomic E-state index is 0.148. The quantitative estimate of drug-likeness (QED) is 0.338. The molecule has 20 heavy (non-hydrogen) atoms. The number of primary amides is 2. The van der Waals surface area contributed by atoms with E-state index in [4.69, 9.17) is 21.9 Å². The summed E-state index contributed by atoms with van der Waals surface area (Å²) in [7, 11) is 0. The first-order chi connectivity index (χ1) is 9.52. The molecule has 6 N–H and O–H groups in total. The Bertz CT molecular complexity index is 306. The topological polar surface area (TPSA) is 121 Å². The Labute approximate surface area is 120 Å². The molecule has 0 aliphatic heterocycles. The average Bonchev–Trinajstić information content (AvgIpc) is 2.38. The van der Waals surface area contributed by atoms with Gasteiger partial charge in [-0.1, -0.05) is 18.6 Å². The number of rotatable bonds is 13. The minimum Gasteiger partial charge on any atom is -0.376 e. The molecule has 0 aromatic rings. The molecule has 0 saturated heterocycles. The van der Waals surface area contributed by atoms with Crippen molar-refractivity contribution in [1.82, 2.24) is 0 Å². The molecule has 0 rings (SSSR count). The van der Waals surface area contributed by atoms with Crippen molar-refractivity contribution in [2.24, 2.45) is 17.2 Å². The lowest BCUT2D eigenvalue weighted by atomic mass is 10.1. The zero-order valence-electron chi connectivity index (χ0n) is 12.1. The van der Waals surface area contributed by atoms with E-state index in [9.17, 15) is 9.59 Å². The van der Waals surface area contributed by atoms with E-state index in [0.29, 0.717) is 32.5 Å². The zero-order valence-corrected chi connectivity index (χ0v) is 12.1. The number of allylic oxidation sites excluding steroid dienone is 1. The molecule has 0 heterocycles. The molecule has 0 aromatic carbocycles. The standard InChI is InChI=1S/C14H27N3O3/c15-12(8-9-14(17)19)11-20-10-6-4-2-1-3-5-7-13(16)18/h4,6,12H,1-3,5,7-11,15H2,(H2,16,18)(H2,17,19)/b6-4-/t12-/m0/s1. The zero-order chi connectivity index (χ0) is 15.2. The molecule has 0 aliphatic rings. The van der Waals surface area contributed by atoms with Crippen molar-refractivity contribution in [2.45, 2.75) is 51.0 Å². The molecule has 0 unspecified atom stereocenters. The first-order valence-electron chi connectivity index (χ1n) is 7.07. The normalized spacial score (nSPS) is 12.7. The van der Waals surface area contributed by atoms with Gasteiger partial charge >= 0.3 is 0 Å². The summed E-state index contributed by atoms with van der Waals surface area (Å²) in [6.07, 6.45) is 9.20. The van der Waals surface area contributed by atoms with Crippen LogP contribution in [-0.4, -0.2) is 31.1 Å². The fourth-order valence-corrected chi connectivity index (χ4v) is 1.62. The number of carbonyl (C=O) groups is 2. The first kappa shape index (κ1) is 18.6. The fourth-order valence-electron chi connectivity index (χ4n) is 1.62. The number of unbranched alkanes of at least 4 members (excludes halogenated alkanes) is 3. The number of amides is 2. The van der Waals surface area contributed by atoms with Crippen LogP contribution in [0.1, 0.15) is 44.9 Å². The van der Waals surface area contributed by atoms with E-state index in [1.165, 1.54) is 0 Å². The van der Waals surface area contributed by atoms with E-state index >= 15 is 0 Å². The second-order valence-electron chi connectivity index (χ2n) is 4.84. The molecule has 6 nitrogen and oxygen atoms in total. The van der Waals surface area contributed by atoms with Gasteiger partial charge in [-0.05, 0) is 25.7 Å². The second-order valence-corrected chi connectivity index (χ2v) is 4.84. The van der Waals surface area contributed by atoms with Gasteiger partial charge in [-0.2, -0.15) is 0 Å². The number of hydrogen-bond acceptors (Lipinski definition) is 4. The lowest BCUT2D eigenvalue weighted by Gasteiger charge is -2.09. The summed E-state index contributed by atoms with van der Waals surface area (Å²) in [5.41, 5.74) is 15.8.